The highest BCUT2D eigenvalue weighted by Gasteiger charge is 2.05. The predicted octanol–water partition coefficient (Wildman–Crippen LogP) is 0.388. The summed E-state index contributed by atoms with van der Waals surface area (Å²) >= 11 is 0. The first-order valence-corrected chi connectivity index (χ1v) is 6.74. The van der Waals surface area contributed by atoms with Crippen LogP contribution in [0.3, 0.4) is 0 Å². The van der Waals surface area contributed by atoms with E-state index in [4.69, 9.17) is 5.73 Å². The van der Waals surface area contributed by atoms with Crippen LogP contribution in [-0.4, -0.2) is 15.7 Å². The lowest BCUT2D eigenvalue weighted by atomic mass is 10.1. The smallest absolute Gasteiger partial charge is 0.320 e. The van der Waals surface area contributed by atoms with Gasteiger partial charge in [0.15, 0.2) is 0 Å². The summed E-state index contributed by atoms with van der Waals surface area (Å²) in [6, 6.07) is 8.84. The second-order valence-corrected chi connectivity index (χ2v) is 4.51. The molecule has 0 aliphatic carbocycles. The Hall–Kier alpha value is -2.58. The largest absolute Gasteiger partial charge is 0.331 e. The number of nitrogens with zero attached hydrogens (tertiary/aromatic N) is 2. The molecule has 108 valence electrons. The first-order chi connectivity index (χ1) is 10.2. The van der Waals surface area contributed by atoms with E-state index in [1.54, 1.807) is 0 Å². The minimum Gasteiger partial charge on any atom is -0.320 e. The maximum atomic E-state index is 12.2. The molecule has 0 aliphatic rings. The van der Waals surface area contributed by atoms with Gasteiger partial charge in [0, 0.05) is 24.4 Å². The summed E-state index contributed by atoms with van der Waals surface area (Å²) in [5, 5.41) is 0. The summed E-state index contributed by atoms with van der Waals surface area (Å²) in [7, 11) is 0. The monoisotopic (exact) mass is 283 g/mol. The predicted molar refractivity (Wildman–Crippen MR) is 82.1 cm³/mol. The summed E-state index contributed by atoms with van der Waals surface area (Å²) in [5.41, 5.74) is 6.41. The standard InChI is InChI=1S/C16H17N3O2/c1-2-18-10-8-15(20)19(16(18)21)12-14-6-3-5-13(11-14)7-4-9-17/h3,5-6,8,10-11H,2,9,12,17H2,1H3. The van der Waals surface area contributed by atoms with Crippen molar-refractivity contribution in [2.45, 2.75) is 20.0 Å². The Balaban J connectivity index is 2.39. The van der Waals surface area contributed by atoms with E-state index in [1.807, 2.05) is 31.2 Å². The van der Waals surface area contributed by atoms with Crippen LogP contribution in [0.25, 0.3) is 0 Å². The number of hydrogen-bond donors (Lipinski definition) is 1. The van der Waals surface area contributed by atoms with Gasteiger partial charge in [0.1, 0.15) is 0 Å². The summed E-state index contributed by atoms with van der Waals surface area (Å²) in [5.74, 6) is 5.72. The lowest BCUT2D eigenvalue weighted by molar-refractivity contribution is 0.600. The van der Waals surface area contributed by atoms with E-state index < -0.39 is 0 Å². The molecule has 0 amide bonds. The lowest BCUT2D eigenvalue weighted by Gasteiger charge is -2.08. The average Bonchev–Trinajstić information content (AvgIpc) is 2.50. The van der Waals surface area contributed by atoms with E-state index in [1.165, 1.54) is 21.4 Å². The molecule has 0 radical (unpaired) electrons. The van der Waals surface area contributed by atoms with Gasteiger partial charge >= 0.3 is 5.69 Å². The third kappa shape index (κ3) is 3.50. The normalized spacial score (nSPS) is 10.0. The van der Waals surface area contributed by atoms with Crippen molar-refractivity contribution in [1.29, 1.82) is 0 Å². The van der Waals surface area contributed by atoms with Gasteiger partial charge in [0.25, 0.3) is 5.56 Å². The molecule has 2 N–H and O–H groups in total. The van der Waals surface area contributed by atoms with Crippen molar-refractivity contribution in [2.24, 2.45) is 5.73 Å². The molecule has 21 heavy (non-hydrogen) atoms. The molecule has 0 saturated heterocycles. The Morgan fingerprint density at radius 1 is 1.24 bits per heavy atom. The van der Waals surface area contributed by atoms with Gasteiger partial charge in [-0.2, -0.15) is 0 Å². The van der Waals surface area contributed by atoms with Crippen LogP contribution in [0.4, 0.5) is 0 Å². The molecule has 5 heteroatoms. The van der Waals surface area contributed by atoms with Gasteiger partial charge in [-0.1, -0.05) is 24.0 Å². The molecular formula is C16H17N3O2. The maximum absolute atomic E-state index is 12.2. The molecule has 1 aromatic carbocycles. The van der Waals surface area contributed by atoms with Crippen LogP contribution in [0.15, 0.2) is 46.1 Å². The topological polar surface area (TPSA) is 70.0 Å². The van der Waals surface area contributed by atoms with Gasteiger partial charge < -0.3 is 10.3 Å². The minimum absolute atomic E-state index is 0.233. The van der Waals surface area contributed by atoms with Crippen molar-refractivity contribution in [1.82, 2.24) is 9.13 Å². The molecule has 0 unspecified atom stereocenters. The summed E-state index contributed by atoms with van der Waals surface area (Å²) in [6.07, 6.45) is 1.52. The van der Waals surface area contributed by atoms with Crippen molar-refractivity contribution in [3.63, 3.8) is 0 Å². The van der Waals surface area contributed by atoms with Gasteiger partial charge in [-0.15, -0.1) is 0 Å². The summed E-state index contributed by atoms with van der Waals surface area (Å²) in [4.78, 5) is 24.0. The third-order valence-electron chi connectivity index (χ3n) is 3.08. The van der Waals surface area contributed by atoms with E-state index in [0.717, 1.165) is 11.1 Å². The molecule has 1 heterocycles. The van der Waals surface area contributed by atoms with E-state index in [2.05, 4.69) is 11.8 Å². The number of aryl methyl sites for hydroxylation is 1. The Morgan fingerprint density at radius 2 is 2.05 bits per heavy atom. The van der Waals surface area contributed by atoms with Crippen LogP contribution in [0.2, 0.25) is 0 Å². The van der Waals surface area contributed by atoms with Crippen molar-refractivity contribution < 1.29 is 0 Å². The van der Waals surface area contributed by atoms with Crippen LogP contribution in [0.5, 0.6) is 0 Å². The van der Waals surface area contributed by atoms with E-state index in [-0.39, 0.29) is 17.8 Å². The van der Waals surface area contributed by atoms with Crippen molar-refractivity contribution in [3.05, 3.63) is 68.5 Å². The first-order valence-electron chi connectivity index (χ1n) is 6.74. The van der Waals surface area contributed by atoms with E-state index in [0.29, 0.717) is 13.1 Å². The molecule has 0 saturated carbocycles. The zero-order valence-corrected chi connectivity index (χ0v) is 11.9. The van der Waals surface area contributed by atoms with E-state index >= 15 is 0 Å². The molecule has 0 aliphatic heterocycles. The zero-order valence-electron chi connectivity index (χ0n) is 11.9. The molecule has 0 spiro atoms. The third-order valence-corrected chi connectivity index (χ3v) is 3.08. The summed E-state index contributed by atoms with van der Waals surface area (Å²) in [6.45, 7) is 2.92. The molecule has 0 fully saturated rings. The fourth-order valence-electron chi connectivity index (χ4n) is 2.03. The highest BCUT2D eigenvalue weighted by atomic mass is 16.2. The van der Waals surface area contributed by atoms with E-state index in [9.17, 15) is 9.59 Å². The Bertz CT molecular complexity index is 806. The Morgan fingerprint density at radius 3 is 2.76 bits per heavy atom. The van der Waals surface area contributed by atoms with Crippen LogP contribution in [0.1, 0.15) is 18.1 Å². The highest BCUT2D eigenvalue weighted by Crippen LogP contribution is 2.04. The van der Waals surface area contributed by atoms with Crippen molar-refractivity contribution in [2.75, 3.05) is 6.54 Å². The molecule has 2 rings (SSSR count). The SMILES string of the molecule is CCn1ccc(=O)n(Cc2cccc(C#CCN)c2)c1=O. The Kier molecular flexibility index (Phi) is 4.75. The molecule has 2 aromatic rings. The second kappa shape index (κ2) is 6.73. The van der Waals surface area contributed by atoms with Gasteiger partial charge in [-0.05, 0) is 24.6 Å². The minimum atomic E-state index is -0.303. The number of hydrogen-bond acceptors (Lipinski definition) is 3. The number of rotatable bonds is 3. The van der Waals surface area contributed by atoms with Gasteiger partial charge in [-0.3, -0.25) is 9.36 Å². The maximum Gasteiger partial charge on any atom is 0.331 e. The molecule has 0 bridgehead atoms. The molecular weight excluding hydrogens is 266 g/mol. The number of benzene rings is 1. The quantitative estimate of drug-likeness (QED) is 0.828. The van der Waals surface area contributed by atoms with Crippen LogP contribution in [0, 0.1) is 11.8 Å². The van der Waals surface area contributed by atoms with Gasteiger partial charge in [-0.25, -0.2) is 4.79 Å². The van der Waals surface area contributed by atoms with Crippen LogP contribution < -0.4 is 17.0 Å². The van der Waals surface area contributed by atoms with Crippen LogP contribution in [-0.2, 0) is 13.1 Å². The zero-order chi connectivity index (χ0) is 15.2. The van der Waals surface area contributed by atoms with Crippen LogP contribution >= 0.6 is 0 Å². The number of nitrogens with two attached hydrogens (primary N) is 1. The van der Waals surface area contributed by atoms with Crippen molar-refractivity contribution >= 4 is 0 Å². The number of aromatic nitrogens is 2. The molecule has 5 nitrogen and oxygen atoms in total. The van der Waals surface area contributed by atoms with Gasteiger partial charge in [0.2, 0.25) is 0 Å². The summed E-state index contributed by atoms with van der Waals surface area (Å²) < 4.78 is 2.72. The fourth-order valence-corrected chi connectivity index (χ4v) is 2.03. The van der Waals surface area contributed by atoms with Crippen molar-refractivity contribution in [3.8, 4) is 11.8 Å². The van der Waals surface area contributed by atoms with Gasteiger partial charge in [0.05, 0.1) is 13.1 Å². The fraction of sp³-hybridized carbons (Fsp3) is 0.250. The lowest BCUT2D eigenvalue weighted by Crippen LogP contribution is -2.38. The highest BCUT2D eigenvalue weighted by molar-refractivity contribution is 5.37. The second-order valence-electron chi connectivity index (χ2n) is 4.51. The average molecular weight is 283 g/mol. The molecule has 1 aromatic heterocycles. The first kappa shape index (κ1) is 14.8. The Labute approximate surface area is 122 Å². The molecule has 0 atom stereocenters.